The fraction of sp³-hybridized carbons (Fsp3) is 0.400. The number of benzene rings is 2. The van der Waals surface area contributed by atoms with E-state index in [0.29, 0.717) is 44.0 Å². The SMILES string of the molecule is COc1cc(OC)c(CN2CCN(S(=O)(=O)c3c(C)cccc3Cl)CC2)cc1Br. The highest BCUT2D eigenvalue weighted by Crippen LogP contribution is 2.34. The van der Waals surface area contributed by atoms with Crippen LogP contribution in [-0.4, -0.2) is 58.0 Å². The number of aryl methyl sites for hydroxylation is 1. The molecule has 6 nitrogen and oxygen atoms in total. The lowest BCUT2D eigenvalue weighted by atomic mass is 10.1. The van der Waals surface area contributed by atoms with Crippen LogP contribution in [0.1, 0.15) is 11.1 Å². The molecule has 1 aliphatic rings. The highest BCUT2D eigenvalue weighted by atomic mass is 79.9. The van der Waals surface area contributed by atoms with Crippen LogP contribution in [0.2, 0.25) is 5.02 Å². The van der Waals surface area contributed by atoms with Gasteiger partial charge in [-0.05, 0) is 40.5 Å². The van der Waals surface area contributed by atoms with E-state index in [9.17, 15) is 8.42 Å². The Labute approximate surface area is 185 Å². The molecule has 0 radical (unpaired) electrons. The van der Waals surface area contributed by atoms with Gasteiger partial charge in [-0.25, -0.2) is 8.42 Å². The normalized spacial score (nSPS) is 16.0. The van der Waals surface area contributed by atoms with Gasteiger partial charge in [-0.3, -0.25) is 4.90 Å². The minimum absolute atomic E-state index is 0.205. The molecule has 2 aromatic carbocycles. The fourth-order valence-electron chi connectivity index (χ4n) is 3.49. The van der Waals surface area contributed by atoms with Crippen LogP contribution in [0, 0.1) is 6.92 Å². The first-order valence-corrected chi connectivity index (χ1v) is 11.8. The molecule has 3 rings (SSSR count). The summed E-state index contributed by atoms with van der Waals surface area (Å²) in [7, 11) is -0.384. The number of piperazine rings is 1. The molecule has 0 aromatic heterocycles. The lowest BCUT2D eigenvalue weighted by molar-refractivity contribution is 0.180. The Morgan fingerprint density at radius 1 is 1.07 bits per heavy atom. The summed E-state index contributed by atoms with van der Waals surface area (Å²) in [5.41, 5.74) is 1.67. The Morgan fingerprint density at radius 2 is 1.72 bits per heavy atom. The van der Waals surface area contributed by atoms with Crippen molar-refractivity contribution in [2.75, 3.05) is 40.4 Å². The zero-order valence-electron chi connectivity index (χ0n) is 16.6. The second-order valence-corrected chi connectivity index (χ2v) is 10.0. The summed E-state index contributed by atoms with van der Waals surface area (Å²) in [5, 5.41) is 0.264. The summed E-state index contributed by atoms with van der Waals surface area (Å²) >= 11 is 9.71. The molecule has 0 saturated carbocycles. The van der Waals surface area contributed by atoms with Gasteiger partial charge in [-0.15, -0.1) is 0 Å². The fourth-order valence-corrected chi connectivity index (χ4v) is 6.25. The summed E-state index contributed by atoms with van der Waals surface area (Å²) in [5.74, 6) is 1.45. The van der Waals surface area contributed by atoms with E-state index in [1.807, 2.05) is 12.1 Å². The maximum Gasteiger partial charge on any atom is 0.244 e. The van der Waals surface area contributed by atoms with Gasteiger partial charge in [0.2, 0.25) is 10.0 Å². The molecular formula is C20H24BrClN2O4S. The summed E-state index contributed by atoms with van der Waals surface area (Å²) in [6.07, 6.45) is 0. The number of sulfonamides is 1. The van der Waals surface area contributed by atoms with Crippen LogP contribution in [0.15, 0.2) is 39.7 Å². The zero-order valence-corrected chi connectivity index (χ0v) is 19.8. The molecule has 0 aliphatic carbocycles. The maximum absolute atomic E-state index is 13.1. The average molecular weight is 504 g/mol. The molecule has 1 saturated heterocycles. The van der Waals surface area contributed by atoms with Crippen molar-refractivity contribution in [1.29, 1.82) is 0 Å². The van der Waals surface area contributed by atoms with Crippen LogP contribution in [0.5, 0.6) is 11.5 Å². The number of methoxy groups -OCH3 is 2. The molecule has 0 unspecified atom stereocenters. The van der Waals surface area contributed by atoms with Crippen molar-refractivity contribution < 1.29 is 17.9 Å². The minimum Gasteiger partial charge on any atom is -0.496 e. The number of rotatable bonds is 6. The number of hydrogen-bond acceptors (Lipinski definition) is 5. The Bertz CT molecular complexity index is 972. The predicted octanol–water partition coefficient (Wildman–Crippen LogP) is 3.93. The molecular weight excluding hydrogens is 480 g/mol. The average Bonchev–Trinajstić information content (AvgIpc) is 2.68. The van der Waals surface area contributed by atoms with E-state index in [4.69, 9.17) is 21.1 Å². The Kier molecular flexibility index (Phi) is 7.11. The van der Waals surface area contributed by atoms with Crippen molar-refractivity contribution in [2.45, 2.75) is 18.4 Å². The van der Waals surface area contributed by atoms with Gasteiger partial charge in [-0.1, -0.05) is 23.7 Å². The lowest BCUT2D eigenvalue weighted by Gasteiger charge is -2.34. The lowest BCUT2D eigenvalue weighted by Crippen LogP contribution is -2.48. The van der Waals surface area contributed by atoms with Crippen LogP contribution >= 0.6 is 27.5 Å². The Morgan fingerprint density at radius 3 is 2.31 bits per heavy atom. The van der Waals surface area contributed by atoms with Gasteiger partial charge in [0.1, 0.15) is 16.4 Å². The van der Waals surface area contributed by atoms with Crippen LogP contribution in [0.3, 0.4) is 0 Å². The zero-order chi connectivity index (χ0) is 21.2. The van der Waals surface area contributed by atoms with E-state index >= 15 is 0 Å². The van der Waals surface area contributed by atoms with Crippen molar-refractivity contribution in [1.82, 2.24) is 9.21 Å². The monoisotopic (exact) mass is 502 g/mol. The van der Waals surface area contributed by atoms with E-state index in [2.05, 4.69) is 20.8 Å². The van der Waals surface area contributed by atoms with Gasteiger partial charge >= 0.3 is 0 Å². The minimum atomic E-state index is -3.62. The molecule has 0 bridgehead atoms. The molecule has 1 fully saturated rings. The third-order valence-electron chi connectivity index (χ3n) is 5.04. The summed E-state index contributed by atoms with van der Waals surface area (Å²) in [6, 6.07) is 8.97. The van der Waals surface area contributed by atoms with Crippen molar-refractivity contribution >= 4 is 37.6 Å². The second kappa shape index (κ2) is 9.22. The quantitative estimate of drug-likeness (QED) is 0.598. The smallest absolute Gasteiger partial charge is 0.244 e. The number of hydrogen-bond donors (Lipinski definition) is 0. The molecule has 0 spiro atoms. The van der Waals surface area contributed by atoms with E-state index in [1.165, 1.54) is 4.31 Å². The van der Waals surface area contributed by atoms with Gasteiger partial charge in [-0.2, -0.15) is 4.31 Å². The first-order valence-electron chi connectivity index (χ1n) is 9.16. The van der Waals surface area contributed by atoms with E-state index in [0.717, 1.165) is 15.8 Å². The topological polar surface area (TPSA) is 59.1 Å². The van der Waals surface area contributed by atoms with Crippen LogP contribution in [-0.2, 0) is 16.6 Å². The van der Waals surface area contributed by atoms with Crippen molar-refractivity contribution in [3.8, 4) is 11.5 Å². The summed E-state index contributed by atoms with van der Waals surface area (Å²) < 4.78 is 39.4. The first-order chi connectivity index (χ1) is 13.8. The third-order valence-corrected chi connectivity index (χ3v) is 8.19. The molecule has 29 heavy (non-hydrogen) atoms. The highest BCUT2D eigenvalue weighted by Gasteiger charge is 2.31. The standard InChI is InChI=1S/C20H24BrClN2O4S/c1-14-5-4-6-17(22)20(14)29(25,26)24-9-7-23(8-10-24)13-15-11-16(21)19(28-3)12-18(15)27-2/h4-6,11-12H,7-10,13H2,1-3H3. The largest absolute Gasteiger partial charge is 0.496 e. The van der Waals surface area contributed by atoms with Gasteiger partial charge in [0.05, 0.1) is 23.7 Å². The molecule has 0 N–H and O–H groups in total. The highest BCUT2D eigenvalue weighted by molar-refractivity contribution is 9.10. The van der Waals surface area contributed by atoms with Crippen LogP contribution in [0.25, 0.3) is 0 Å². The first kappa shape index (κ1) is 22.4. The summed E-state index contributed by atoms with van der Waals surface area (Å²) in [4.78, 5) is 2.42. The molecule has 9 heteroatoms. The van der Waals surface area contributed by atoms with E-state index < -0.39 is 10.0 Å². The van der Waals surface area contributed by atoms with Gasteiger partial charge in [0, 0.05) is 44.4 Å². The molecule has 0 atom stereocenters. The van der Waals surface area contributed by atoms with Gasteiger partial charge in [0.15, 0.2) is 0 Å². The Hall–Kier alpha value is -1.32. The van der Waals surface area contributed by atoms with Gasteiger partial charge in [0.25, 0.3) is 0 Å². The van der Waals surface area contributed by atoms with E-state index in [1.54, 1.807) is 39.3 Å². The third kappa shape index (κ3) is 4.72. The molecule has 2 aromatic rings. The van der Waals surface area contributed by atoms with Gasteiger partial charge < -0.3 is 9.47 Å². The molecule has 1 heterocycles. The number of ether oxygens (including phenoxy) is 2. The van der Waals surface area contributed by atoms with Crippen molar-refractivity contribution in [2.24, 2.45) is 0 Å². The second-order valence-electron chi connectivity index (χ2n) is 6.86. The van der Waals surface area contributed by atoms with Crippen LogP contribution < -0.4 is 9.47 Å². The number of nitrogens with zero attached hydrogens (tertiary/aromatic N) is 2. The van der Waals surface area contributed by atoms with Crippen LogP contribution in [0.4, 0.5) is 0 Å². The number of halogens is 2. The summed E-state index contributed by atoms with van der Waals surface area (Å²) in [6.45, 7) is 4.48. The van der Waals surface area contributed by atoms with Crippen molar-refractivity contribution in [3.05, 3.63) is 51.0 Å². The van der Waals surface area contributed by atoms with Crippen molar-refractivity contribution in [3.63, 3.8) is 0 Å². The van der Waals surface area contributed by atoms with E-state index in [-0.39, 0.29) is 9.92 Å². The Balaban J connectivity index is 1.72. The molecule has 0 amide bonds. The molecule has 1 aliphatic heterocycles. The molecule has 158 valence electrons. The predicted molar refractivity (Wildman–Crippen MR) is 117 cm³/mol. The maximum atomic E-state index is 13.1.